The predicted octanol–water partition coefficient (Wildman–Crippen LogP) is 2.92. The van der Waals surface area contributed by atoms with Crippen LogP contribution in [0, 0.1) is 6.92 Å². The van der Waals surface area contributed by atoms with Crippen LogP contribution in [0.2, 0.25) is 0 Å². The van der Waals surface area contributed by atoms with Crippen LogP contribution in [0.5, 0.6) is 0 Å². The first kappa shape index (κ1) is 22.2. The van der Waals surface area contributed by atoms with Crippen molar-refractivity contribution >= 4 is 17.6 Å². The van der Waals surface area contributed by atoms with Gasteiger partial charge in [0.15, 0.2) is 5.60 Å². The summed E-state index contributed by atoms with van der Waals surface area (Å²) in [6.45, 7) is 4.97. The fourth-order valence-electron chi connectivity index (χ4n) is 2.52. The van der Waals surface area contributed by atoms with E-state index in [4.69, 9.17) is 4.84 Å². The van der Waals surface area contributed by atoms with Crippen molar-refractivity contribution in [1.29, 1.82) is 0 Å². The Morgan fingerprint density at radius 1 is 1.21 bits per heavy atom. The second-order valence-corrected chi connectivity index (χ2v) is 6.56. The van der Waals surface area contributed by atoms with E-state index in [0.29, 0.717) is 5.69 Å². The molecule has 2 atom stereocenters. The van der Waals surface area contributed by atoms with E-state index in [2.05, 4.69) is 20.3 Å². The Labute approximate surface area is 164 Å². The summed E-state index contributed by atoms with van der Waals surface area (Å²) in [4.78, 5) is 39.7. The normalized spacial score (nSPS) is 14.6. The lowest BCUT2D eigenvalue weighted by atomic mass is 9.84. The molecule has 0 spiro atoms. The van der Waals surface area contributed by atoms with Gasteiger partial charge in [0, 0.05) is 30.9 Å². The summed E-state index contributed by atoms with van der Waals surface area (Å²) in [6.07, 6.45) is -1.20. The van der Waals surface area contributed by atoms with Gasteiger partial charge in [-0.2, -0.15) is 13.2 Å². The fraction of sp³-hybridized carbons (Fsp3) is 0.389. The minimum Gasteiger partial charge on any atom is -0.311 e. The molecular formula is C18H20F3N5O3. The van der Waals surface area contributed by atoms with E-state index in [1.807, 2.05) is 5.48 Å². The maximum Gasteiger partial charge on any atom is 0.420 e. The zero-order valence-corrected chi connectivity index (χ0v) is 16.2. The average molecular weight is 411 g/mol. The summed E-state index contributed by atoms with van der Waals surface area (Å²) in [6, 6.07) is 2.78. The highest BCUT2D eigenvalue weighted by Gasteiger charge is 2.57. The van der Waals surface area contributed by atoms with Crippen LogP contribution in [-0.4, -0.2) is 38.5 Å². The van der Waals surface area contributed by atoms with Crippen LogP contribution >= 0.6 is 0 Å². The largest absolute Gasteiger partial charge is 0.420 e. The number of hydrogen-bond donors (Lipinski definition) is 2. The van der Waals surface area contributed by atoms with Gasteiger partial charge in [-0.3, -0.25) is 19.4 Å². The van der Waals surface area contributed by atoms with E-state index < -0.39 is 29.5 Å². The monoisotopic (exact) mass is 411 g/mol. The molecule has 2 unspecified atom stereocenters. The minimum atomic E-state index is -4.84. The first-order chi connectivity index (χ1) is 13.4. The number of nitrogens with zero attached hydrogens (tertiary/aromatic N) is 3. The molecule has 11 heteroatoms. The number of hydroxylamine groups is 1. The number of rotatable bonds is 6. The van der Waals surface area contributed by atoms with E-state index in [1.54, 1.807) is 6.92 Å². The van der Waals surface area contributed by atoms with Crippen LogP contribution in [0.25, 0.3) is 0 Å². The van der Waals surface area contributed by atoms with Crippen molar-refractivity contribution < 1.29 is 27.6 Å². The van der Waals surface area contributed by atoms with E-state index in [9.17, 15) is 22.8 Å². The molecule has 0 fully saturated rings. The molecule has 29 heavy (non-hydrogen) atoms. The van der Waals surface area contributed by atoms with Crippen molar-refractivity contribution in [2.24, 2.45) is 0 Å². The van der Waals surface area contributed by atoms with Gasteiger partial charge >= 0.3 is 6.18 Å². The number of carbonyl (C=O) groups excluding carboxylic acids is 2. The molecule has 2 aromatic rings. The third kappa shape index (κ3) is 5.25. The lowest BCUT2D eigenvalue weighted by Crippen LogP contribution is -2.53. The molecule has 2 amide bonds. The summed E-state index contributed by atoms with van der Waals surface area (Å²) < 4.78 is 41.7. The van der Waals surface area contributed by atoms with E-state index in [1.165, 1.54) is 38.4 Å². The third-order valence-electron chi connectivity index (χ3n) is 4.32. The molecule has 2 heterocycles. The minimum absolute atomic E-state index is 0.118. The molecular weight excluding hydrogens is 391 g/mol. The lowest BCUT2D eigenvalue weighted by molar-refractivity contribution is -0.291. The molecule has 0 aliphatic heterocycles. The first-order valence-corrected chi connectivity index (χ1v) is 8.51. The standard InChI is InChI=1S/C18H20F3N5O3/c1-10-7-13(8-15(24-10)25-12(3)27)11(2)17(4,18(19,20)21)29-26-16(28)14-9-22-5-6-23-14/h5-9,11H,1-4H3,(H,26,28)(H,24,25,27). The van der Waals surface area contributed by atoms with Crippen molar-refractivity contribution in [2.45, 2.75) is 45.4 Å². The number of alkyl halides is 3. The number of nitrogens with one attached hydrogen (secondary N) is 2. The molecule has 0 aliphatic carbocycles. The average Bonchev–Trinajstić information content (AvgIpc) is 2.64. The van der Waals surface area contributed by atoms with Crippen LogP contribution in [0.15, 0.2) is 30.7 Å². The van der Waals surface area contributed by atoms with Crippen molar-refractivity contribution in [3.05, 3.63) is 47.7 Å². The van der Waals surface area contributed by atoms with Crippen molar-refractivity contribution in [2.75, 3.05) is 5.32 Å². The Kier molecular flexibility index (Phi) is 6.52. The first-order valence-electron chi connectivity index (χ1n) is 8.51. The Bertz CT molecular complexity index is 892. The quantitative estimate of drug-likeness (QED) is 0.708. The molecule has 8 nitrogen and oxygen atoms in total. The van der Waals surface area contributed by atoms with Crippen molar-refractivity contribution in [3.63, 3.8) is 0 Å². The van der Waals surface area contributed by atoms with Gasteiger partial charge in [0.2, 0.25) is 5.91 Å². The molecule has 156 valence electrons. The predicted molar refractivity (Wildman–Crippen MR) is 96.7 cm³/mol. The van der Waals surface area contributed by atoms with E-state index >= 15 is 0 Å². The van der Waals surface area contributed by atoms with Gasteiger partial charge in [0.05, 0.1) is 6.20 Å². The number of aryl methyl sites for hydroxylation is 1. The number of hydrogen-bond acceptors (Lipinski definition) is 6. The molecule has 0 aliphatic rings. The number of amides is 2. The second kappa shape index (κ2) is 8.52. The Balaban J connectivity index is 2.32. The molecule has 0 saturated heterocycles. The van der Waals surface area contributed by atoms with E-state index in [0.717, 1.165) is 13.1 Å². The summed E-state index contributed by atoms with van der Waals surface area (Å²) in [5.74, 6) is -2.52. The molecule has 0 aromatic carbocycles. The Morgan fingerprint density at radius 2 is 1.90 bits per heavy atom. The summed E-state index contributed by atoms with van der Waals surface area (Å²) in [7, 11) is 0. The SMILES string of the molecule is CC(=O)Nc1cc(C(C)C(C)(ONC(=O)c2cnccn2)C(F)(F)F)cc(C)n1. The highest BCUT2D eigenvalue weighted by atomic mass is 19.4. The molecule has 2 N–H and O–H groups in total. The molecule has 2 rings (SSSR count). The number of pyridine rings is 1. The third-order valence-corrected chi connectivity index (χ3v) is 4.32. The highest BCUT2D eigenvalue weighted by Crippen LogP contribution is 2.43. The number of aromatic nitrogens is 3. The van der Waals surface area contributed by atoms with Gasteiger partial charge in [-0.1, -0.05) is 6.92 Å². The summed E-state index contributed by atoms with van der Waals surface area (Å²) in [5, 5.41) is 2.45. The van der Waals surface area contributed by atoms with Gasteiger partial charge < -0.3 is 5.32 Å². The Hall–Kier alpha value is -3.08. The van der Waals surface area contributed by atoms with Gasteiger partial charge in [-0.15, -0.1) is 0 Å². The molecule has 0 radical (unpaired) electrons. The smallest absolute Gasteiger partial charge is 0.311 e. The summed E-state index contributed by atoms with van der Waals surface area (Å²) in [5.41, 5.74) is -0.545. The Morgan fingerprint density at radius 3 is 2.45 bits per heavy atom. The van der Waals surface area contributed by atoms with Gasteiger partial charge in [0.1, 0.15) is 11.5 Å². The highest BCUT2D eigenvalue weighted by molar-refractivity contribution is 5.91. The maximum atomic E-state index is 13.9. The second-order valence-electron chi connectivity index (χ2n) is 6.56. The molecule has 0 bridgehead atoms. The maximum absolute atomic E-state index is 13.9. The lowest BCUT2D eigenvalue weighted by Gasteiger charge is -2.36. The van der Waals surface area contributed by atoms with Crippen LogP contribution in [0.1, 0.15) is 48.4 Å². The summed E-state index contributed by atoms with van der Waals surface area (Å²) >= 11 is 0. The van der Waals surface area contributed by atoms with Gasteiger partial charge in [-0.25, -0.2) is 15.4 Å². The molecule has 0 saturated carbocycles. The zero-order chi connectivity index (χ0) is 21.8. The van der Waals surface area contributed by atoms with Crippen LogP contribution in [0.3, 0.4) is 0 Å². The van der Waals surface area contributed by atoms with Crippen LogP contribution in [-0.2, 0) is 9.63 Å². The van der Waals surface area contributed by atoms with Gasteiger partial charge in [-0.05, 0) is 31.5 Å². The van der Waals surface area contributed by atoms with Crippen LogP contribution in [0.4, 0.5) is 19.0 Å². The van der Waals surface area contributed by atoms with Crippen LogP contribution < -0.4 is 10.8 Å². The molecule has 2 aromatic heterocycles. The number of halogens is 3. The zero-order valence-electron chi connectivity index (χ0n) is 16.2. The van der Waals surface area contributed by atoms with Crippen molar-refractivity contribution in [1.82, 2.24) is 20.4 Å². The number of anilines is 1. The number of carbonyl (C=O) groups is 2. The van der Waals surface area contributed by atoms with E-state index in [-0.39, 0.29) is 17.1 Å². The fourth-order valence-corrected chi connectivity index (χ4v) is 2.52. The topological polar surface area (TPSA) is 106 Å². The van der Waals surface area contributed by atoms with Gasteiger partial charge in [0.25, 0.3) is 5.91 Å². The van der Waals surface area contributed by atoms with Crippen molar-refractivity contribution in [3.8, 4) is 0 Å².